The van der Waals surface area contributed by atoms with E-state index in [9.17, 15) is 13.2 Å². The van der Waals surface area contributed by atoms with Crippen LogP contribution >= 0.6 is 0 Å². The van der Waals surface area contributed by atoms with Crippen LogP contribution in [0.1, 0.15) is 10.4 Å². The van der Waals surface area contributed by atoms with Crippen LogP contribution in [0.15, 0.2) is 42.9 Å². The fraction of sp³-hybridized carbons (Fsp3) is 0.250. The Balaban J connectivity index is 1.48. The van der Waals surface area contributed by atoms with Gasteiger partial charge in [0.2, 0.25) is 0 Å². The molecular weight excluding hydrogens is 404 g/mol. The number of sulfone groups is 1. The second-order valence-corrected chi connectivity index (χ2v) is 9.65. The summed E-state index contributed by atoms with van der Waals surface area (Å²) in [6.45, 7) is 0.420. The van der Waals surface area contributed by atoms with Gasteiger partial charge in [-0.15, -0.1) is 0 Å². The Bertz CT molecular complexity index is 1400. The molecule has 1 amide bonds. The molecule has 5 rings (SSSR count). The molecule has 1 fully saturated rings. The fourth-order valence-corrected chi connectivity index (χ4v) is 4.76. The molecule has 30 heavy (non-hydrogen) atoms. The minimum Gasteiger partial charge on any atom is -0.337 e. The maximum absolute atomic E-state index is 12.8. The third-order valence-electron chi connectivity index (χ3n) is 5.19. The van der Waals surface area contributed by atoms with Gasteiger partial charge in [0.25, 0.3) is 5.91 Å². The molecule has 0 unspecified atom stereocenters. The smallest absolute Gasteiger partial charge is 0.253 e. The van der Waals surface area contributed by atoms with Gasteiger partial charge < -0.3 is 4.90 Å². The molecule has 0 radical (unpaired) electrons. The van der Waals surface area contributed by atoms with Gasteiger partial charge in [-0.1, -0.05) is 0 Å². The Morgan fingerprint density at radius 3 is 2.63 bits per heavy atom. The lowest BCUT2D eigenvalue weighted by Crippen LogP contribution is -2.43. The van der Waals surface area contributed by atoms with Crippen molar-refractivity contribution in [2.75, 3.05) is 24.6 Å². The van der Waals surface area contributed by atoms with Crippen molar-refractivity contribution in [2.45, 2.75) is 0 Å². The van der Waals surface area contributed by atoms with Crippen molar-refractivity contribution in [3.05, 3.63) is 48.4 Å². The van der Waals surface area contributed by atoms with E-state index < -0.39 is 9.84 Å². The van der Waals surface area contributed by atoms with Crippen LogP contribution < -0.4 is 0 Å². The molecule has 1 aliphatic rings. The number of carbonyl (C=O) groups is 1. The van der Waals surface area contributed by atoms with Crippen molar-refractivity contribution in [1.82, 2.24) is 29.6 Å². The molecule has 4 aromatic rings. The predicted molar refractivity (Wildman–Crippen MR) is 112 cm³/mol. The van der Waals surface area contributed by atoms with Gasteiger partial charge in [0.1, 0.15) is 0 Å². The largest absolute Gasteiger partial charge is 0.337 e. The number of hydrogen-bond donors (Lipinski definition) is 0. The van der Waals surface area contributed by atoms with Crippen LogP contribution in [0.4, 0.5) is 0 Å². The van der Waals surface area contributed by atoms with Gasteiger partial charge in [-0.3, -0.25) is 14.5 Å². The van der Waals surface area contributed by atoms with Crippen LogP contribution in [0, 0.1) is 0 Å². The molecule has 3 aromatic heterocycles. The number of nitrogens with zero attached hydrogens (tertiary/aromatic N) is 6. The van der Waals surface area contributed by atoms with Crippen LogP contribution in [0.3, 0.4) is 0 Å². The predicted octanol–water partition coefficient (Wildman–Crippen LogP) is 1.45. The maximum atomic E-state index is 12.8. The molecule has 0 aliphatic carbocycles. The van der Waals surface area contributed by atoms with E-state index in [1.54, 1.807) is 40.2 Å². The van der Waals surface area contributed by atoms with Gasteiger partial charge in [-0.2, -0.15) is 5.10 Å². The minimum atomic E-state index is -3.04. The van der Waals surface area contributed by atoms with Crippen molar-refractivity contribution < 1.29 is 13.2 Å². The molecule has 1 aromatic carbocycles. The summed E-state index contributed by atoms with van der Waals surface area (Å²) in [4.78, 5) is 27.9. The Labute approximate surface area is 172 Å². The highest BCUT2D eigenvalue weighted by molar-refractivity contribution is 7.91. The Morgan fingerprint density at radius 1 is 1.03 bits per heavy atom. The zero-order valence-electron chi connectivity index (χ0n) is 16.2. The second kappa shape index (κ2) is 6.84. The lowest BCUT2D eigenvalue weighted by molar-refractivity contribution is 0.0770. The molecule has 4 heterocycles. The lowest BCUT2D eigenvalue weighted by Gasteiger charge is -2.26. The number of carbonyl (C=O) groups excluding carboxylic acids is 1. The van der Waals surface area contributed by atoms with Gasteiger partial charge in [0.15, 0.2) is 15.5 Å². The number of aryl methyl sites for hydroxylation is 1. The summed E-state index contributed by atoms with van der Waals surface area (Å²) < 4.78 is 24.9. The summed E-state index contributed by atoms with van der Waals surface area (Å²) >= 11 is 0. The number of rotatable bonds is 2. The van der Waals surface area contributed by atoms with E-state index in [1.165, 1.54) is 0 Å². The summed E-state index contributed by atoms with van der Waals surface area (Å²) in [5.41, 5.74) is 3.85. The summed E-state index contributed by atoms with van der Waals surface area (Å²) in [5.74, 6) is -0.197. The van der Waals surface area contributed by atoms with Crippen molar-refractivity contribution >= 4 is 37.8 Å². The first-order chi connectivity index (χ1) is 14.4. The number of pyridine rings is 1. The highest BCUT2D eigenvalue weighted by Gasteiger charge is 2.26. The molecule has 152 valence electrons. The molecule has 1 aliphatic heterocycles. The number of benzene rings is 1. The standard InChI is InChI=1S/C20H18N6O3S/c1-25-12-15-8-14(10-22-19(15)24-25)18-11-21-16-3-2-13(9-17(16)23-18)20(27)26-4-6-30(28,29)7-5-26/h2-3,8-12H,4-7H2,1H3. The van der Waals surface area contributed by atoms with Gasteiger partial charge in [0, 0.05) is 49.0 Å². The Morgan fingerprint density at radius 2 is 1.83 bits per heavy atom. The van der Waals surface area contributed by atoms with Crippen LogP contribution in [-0.4, -0.2) is 68.6 Å². The number of amides is 1. The van der Waals surface area contributed by atoms with Gasteiger partial charge in [0.05, 0.1) is 34.4 Å². The number of hydrogen-bond acceptors (Lipinski definition) is 7. The topological polar surface area (TPSA) is 111 Å². The van der Waals surface area contributed by atoms with Crippen molar-refractivity contribution in [2.24, 2.45) is 7.05 Å². The SMILES string of the molecule is Cn1cc2cc(-c3cnc4ccc(C(=O)N5CCS(=O)(=O)CC5)cc4n3)cnc2n1. The first kappa shape index (κ1) is 18.6. The zero-order chi connectivity index (χ0) is 20.9. The third kappa shape index (κ3) is 3.39. The van der Waals surface area contributed by atoms with E-state index in [0.29, 0.717) is 27.9 Å². The van der Waals surface area contributed by atoms with E-state index >= 15 is 0 Å². The summed E-state index contributed by atoms with van der Waals surface area (Å²) in [6, 6.07) is 7.11. The molecule has 0 atom stereocenters. The molecule has 0 saturated carbocycles. The van der Waals surface area contributed by atoms with Gasteiger partial charge in [-0.05, 0) is 24.3 Å². The summed E-state index contributed by atoms with van der Waals surface area (Å²) in [7, 11) is -1.20. The summed E-state index contributed by atoms with van der Waals surface area (Å²) in [6.07, 6.45) is 5.27. The lowest BCUT2D eigenvalue weighted by atomic mass is 10.1. The van der Waals surface area contributed by atoms with Crippen LogP contribution in [0.25, 0.3) is 33.3 Å². The van der Waals surface area contributed by atoms with E-state index in [1.807, 2.05) is 19.3 Å². The zero-order valence-corrected chi connectivity index (χ0v) is 17.0. The third-order valence-corrected chi connectivity index (χ3v) is 6.80. The van der Waals surface area contributed by atoms with Crippen molar-refractivity contribution in [1.29, 1.82) is 0 Å². The molecule has 1 saturated heterocycles. The molecular formula is C20H18N6O3S. The van der Waals surface area contributed by atoms with E-state index in [4.69, 9.17) is 0 Å². The monoisotopic (exact) mass is 422 g/mol. The Hall–Kier alpha value is -3.40. The van der Waals surface area contributed by atoms with Gasteiger partial charge >= 0.3 is 0 Å². The average molecular weight is 422 g/mol. The molecule has 0 spiro atoms. The van der Waals surface area contributed by atoms with Crippen LogP contribution in [0.2, 0.25) is 0 Å². The maximum Gasteiger partial charge on any atom is 0.253 e. The summed E-state index contributed by atoms with van der Waals surface area (Å²) in [5, 5.41) is 5.18. The van der Waals surface area contributed by atoms with Crippen LogP contribution in [-0.2, 0) is 16.9 Å². The minimum absolute atomic E-state index is 0.0000949. The second-order valence-electron chi connectivity index (χ2n) is 7.34. The highest BCUT2D eigenvalue weighted by atomic mass is 32.2. The first-order valence-electron chi connectivity index (χ1n) is 9.44. The highest BCUT2D eigenvalue weighted by Crippen LogP contribution is 2.23. The van der Waals surface area contributed by atoms with Crippen LogP contribution in [0.5, 0.6) is 0 Å². The normalized spacial score (nSPS) is 16.2. The molecule has 10 heteroatoms. The van der Waals surface area contributed by atoms with Crippen molar-refractivity contribution in [3.8, 4) is 11.3 Å². The van der Waals surface area contributed by atoms with E-state index in [-0.39, 0.29) is 30.5 Å². The van der Waals surface area contributed by atoms with Gasteiger partial charge in [-0.25, -0.2) is 18.4 Å². The quantitative estimate of drug-likeness (QED) is 0.481. The first-order valence-corrected chi connectivity index (χ1v) is 11.3. The van der Waals surface area contributed by atoms with Crippen molar-refractivity contribution in [3.63, 3.8) is 0 Å². The Kier molecular flexibility index (Phi) is 4.24. The van der Waals surface area contributed by atoms with E-state index in [2.05, 4.69) is 20.1 Å². The number of aromatic nitrogens is 5. The molecule has 0 N–H and O–H groups in total. The number of fused-ring (bicyclic) bond motifs is 2. The molecule has 9 nitrogen and oxygen atoms in total. The average Bonchev–Trinajstić information content (AvgIpc) is 3.11. The molecule has 0 bridgehead atoms. The fourth-order valence-electron chi connectivity index (χ4n) is 3.55. The van der Waals surface area contributed by atoms with E-state index in [0.717, 1.165) is 10.9 Å².